The molecule has 3 aromatic rings. The van der Waals surface area contributed by atoms with Crippen molar-refractivity contribution >= 4 is 52.4 Å². The maximum Gasteiger partial charge on any atom is 0.353 e. The molecule has 0 N–H and O–H groups in total. The number of hydrogen-bond acceptors (Lipinski definition) is 5. The van der Waals surface area contributed by atoms with Gasteiger partial charge in [-0.1, -0.05) is 29.8 Å². The summed E-state index contributed by atoms with van der Waals surface area (Å²) >= 11 is 7.05. The summed E-state index contributed by atoms with van der Waals surface area (Å²) in [5.41, 5.74) is 0.848. The number of esters is 1. The summed E-state index contributed by atoms with van der Waals surface area (Å²) in [7, 11) is 0. The Morgan fingerprint density at radius 1 is 1.13 bits per heavy atom. The van der Waals surface area contributed by atoms with E-state index in [4.69, 9.17) is 16.3 Å². The molecule has 1 saturated heterocycles. The van der Waals surface area contributed by atoms with Crippen molar-refractivity contribution in [3.8, 4) is 5.75 Å². The fraction of sp³-hybridized carbons (Fsp3) is 0.0455. The summed E-state index contributed by atoms with van der Waals surface area (Å²) in [4.78, 5) is 39.0. The van der Waals surface area contributed by atoms with Crippen LogP contribution in [0.2, 0.25) is 5.02 Å². The van der Waals surface area contributed by atoms with E-state index < -0.39 is 17.7 Å². The molecule has 0 atom stereocenters. The highest BCUT2D eigenvalue weighted by atomic mass is 35.5. The van der Waals surface area contributed by atoms with Gasteiger partial charge in [-0.25, -0.2) is 9.18 Å². The summed E-state index contributed by atoms with van der Waals surface area (Å²) < 4.78 is 18.7. The molecule has 5 nitrogen and oxygen atoms in total. The molecular weight excluding hydrogens is 429 g/mol. The first-order chi connectivity index (χ1) is 14.4. The molecule has 0 bridgehead atoms. The first-order valence-electron chi connectivity index (χ1n) is 8.80. The third-order valence-corrected chi connectivity index (χ3v) is 5.53. The van der Waals surface area contributed by atoms with Crippen molar-refractivity contribution in [1.29, 1.82) is 0 Å². The number of nitrogens with zero attached hydrogens (tertiary/aromatic N) is 1. The molecular formula is C22H13ClFNO4S. The van der Waals surface area contributed by atoms with Gasteiger partial charge < -0.3 is 9.64 Å². The smallest absolute Gasteiger partial charge is 0.353 e. The Labute approximate surface area is 180 Å². The standard InChI is InChI=1S/C22H13ClFNO4S/c23-17-11-14(6-7-18(17)24)25-12-19(26)16(21(25)27)10-13-3-1-4-15(9-13)29-22(28)20-5-2-8-30-20/h1-11H,12H2/b16-10-. The van der Waals surface area contributed by atoms with Crippen molar-refractivity contribution in [2.75, 3.05) is 11.4 Å². The van der Waals surface area contributed by atoms with Crippen LogP contribution in [0.25, 0.3) is 6.08 Å². The predicted molar refractivity (Wildman–Crippen MR) is 112 cm³/mol. The van der Waals surface area contributed by atoms with E-state index in [0.29, 0.717) is 21.9 Å². The van der Waals surface area contributed by atoms with Crippen molar-refractivity contribution in [3.63, 3.8) is 0 Å². The van der Waals surface area contributed by atoms with Crippen molar-refractivity contribution in [2.45, 2.75) is 0 Å². The first-order valence-corrected chi connectivity index (χ1v) is 10.1. The van der Waals surface area contributed by atoms with Crippen LogP contribution in [0, 0.1) is 5.82 Å². The zero-order chi connectivity index (χ0) is 21.3. The fourth-order valence-corrected chi connectivity index (χ4v) is 3.73. The van der Waals surface area contributed by atoms with E-state index in [9.17, 15) is 18.8 Å². The summed E-state index contributed by atoms with van der Waals surface area (Å²) in [5.74, 6) is -1.68. The average molecular weight is 442 g/mol. The number of ether oxygens (including phenoxy) is 1. The van der Waals surface area contributed by atoms with Gasteiger partial charge in [0.05, 0.1) is 17.1 Å². The molecule has 8 heteroatoms. The highest BCUT2D eigenvalue weighted by molar-refractivity contribution is 7.12. The summed E-state index contributed by atoms with van der Waals surface area (Å²) in [6.07, 6.45) is 1.44. The largest absolute Gasteiger partial charge is 0.422 e. The van der Waals surface area contributed by atoms with Gasteiger partial charge in [0.1, 0.15) is 16.4 Å². The van der Waals surface area contributed by atoms with Crippen LogP contribution < -0.4 is 9.64 Å². The highest BCUT2D eigenvalue weighted by Gasteiger charge is 2.34. The van der Waals surface area contributed by atoms with E-state index in [1.165, 1.54) is 34.4 Å². The molecule has 1 aliphatic heterocycles. The first kappa shape index (κ1) is 20.0. The van der Waals surface area contributed by atoms with Crippen LogP contribution in [0.1, 0.15) is 15.2 Å². The van der Waals surface area contributed by atoms with Crippen LogP contribution in [0.4, 0.5) is 10.1 Å². The van der Waals surface area contributed by atoms with Gasteiger partial charge in [0.15, 0.2) is 5.78 Å². The van der Waals surface area contributed by atoms with E-state index in [1.54, 1.807) is 41.8 Å². The van der Waals surface area contributed by atoms with E-state index in [0.717, 1.165) is 6.07 Å². The molecule has 1 fully saturated rings. The van der Waals surface area contributed by atoms with Gasteiger partial charge in [-0.3, -0.25) is 9.59 Å². The Morgan fingerprint density at radius 2 is 1.97 bits per heavy atom. The molecule has 0 saturated carbocycles. The number of halogens is 2. The van der Waals surface area contributed by atoms with Crippen molar-refractivity contribution < 1.29 is 23.5 Å². The molecule has 1 aliphatic rings. The third-order valence-electron chi connectivity index (χ3n) is 4.39. The van der Waals surface area contributed by atoms with Crippen molar-refractivity contribution in [3.05, 3.63) is 86.8 Å². The molecule has 0 radical (unpaired) electrons. The van der Waals surface area contributed by atoms with Crippen LogP contribution in [-0.4, -0.2) is 24.2 Å². The lowest BCUT2D eigenvalue weighted by Crippen LogP contribution is -2.24. The minimum Gasteiger partial charge on any atom is -0.422 e. The van der Waals surface area contributed by atoms with Gasteiger partial charge in [0.25, 0.3) is 5.91 Å². The lowest BCUT2D eigenvalue weighted by molar-refractivity contribution is -0.116. The van der Waals surface area contributed by atoms with E-state index in [1.807, 2.05) is 0 Å². The zero-order valence-corrected chi connectivity index (χ0v) is 16.9. The van der Waals surface area contributed by atoms with Gasteiger partial charge >= 0.3 is 5.97 Å². The number of rotatable bonds is 4. The topological polar surface area (TPSA) is 63.7 Å². The number of hydrogen-bond donors (Lipinski definition) is 0. The number of ketones is 1. The quantitative estimate of drug-likeness (QED) is 0.253. The molecule has 0 unspecified atom stereocenters. The monoisotopic (exact) mass is 441 g/mol. The van der Waals surface area contributed by atoms with E-state index in [2.05, 4.69) is 0 Å². The van der Waals surface area contributed by atoms with Gasteiger partial charge in [0, 0.05) is 5.69 Å². The predicted octanol–water partition coefficient (Wildman–Crippen LogP) is 4.76. The van der Waals surface area contributed by atoms with E-state index in [-0.39, 0.29) is 22.9 Å². The normalized spacial score (nSPS) is 15.1. The van der Waals surface area contributed by atoms with Crippen LogP contribution in [0.3, 0.4) is 0 Å². The number of anilines is 1. The number of carbonyl (C=O) groups excluding carboxylic acids is 3. The number of benzene rings is 2. The molecule has 2 aromatic carbocycles. The second-order valence-corrected chi connectivity index (χ2v) is 7.77. The number of carbonyl (C=O) groups is 3. The minimum atomic E-state index is -0.608. The molecule has 0 aliphatic carbocycles. The Morgan fingerprint density at radius 3 is 2.70 bits per heavy atom. The average Bonchev–Trinajstić information content (AvgIpc) is 3.35. The van der Waals surface area contributed by atoms with Gasteiger partial charge in [-0.15, -0.1) is 11.3 Å². The highest BCUT2D eigenvalue weighted by Crippen LogP contribution is 2.28. The van der Waals surface area contributed by atoms with Gasteiger partial charge in [-0.05, 0) is 53.4 Å². The Hall–Kier alpha value is -3.29. The van der Waals surface area contributed by atoms with Crippen LogP contribution in [0.5, 0.6) is 5.75 Å². The summed E-state index contributed by atoms with van der Waals surface area (Å²) in [6, 6.07) is 13.8. The fourth-order valence-electron chi connectivity index (χ4n) is 2.96. The third kappa shape index (κ3) is 4.03. The Balaban J connectivity index is 1.57. The number of amides is 1. The minimum absolute atomic E-state index is 0.0165. The zero-order valence-electron chi connectivity index (χ0n) is 15.3. The van der Waals surface area contributed by atoms with Crippen LogP contribution >= 0.6 is 22.9 Å². The molecule has 2 heterocycles. The maximum atomic E-state index is 13.4. The Kier molecular flexibility index (Phi) is 5.48. The lowest BCUT2D eigenvalue weighted by Gasteiger charge is -2.14. The van der Waals surface area contributed by atoms with Crippen molar-refractivity contribution in [1.82, 2.24) is 0 Å². The van der Waals surface area contributed by atoms with E-state index >= 15 is 0 Å². The van der Waals surface area contributed by atoms with Crippen LogP contribution in [-0.2, 0) is 9.59 Å². The molecule has 30 heavy (non-hydrogen) atoms. The van der Waals surface area contributed by atoms with Gasteiger partial charge in [-0.2, -0.15) is 0 Å². The Bertz CT molecular complexity index is 1190. The molecule has 1 aromatic heterocycles. The SMILES string of the molecule is O=C1CN(c2ccc(F)c(Cl)c2)C(=O)/C1=C\c1cccc(OC(=O)c2cccs2)c1. The lowest BCUT2D eigenvalue weighted by atomic mass is 10.1. The summed E-state index contributed by atoms with van der Waals surface area (Å²) in [6.45, 7) is -0.167. The maximum absolute atomic E-state index is 13.4. The molecule has 1 amide bonds. The number of thiophene rings is 1. The summed E-state index contributed by atoms with van der Waals surface area (Å²) in [5, 5.41) is 1.64. The second kappa shape index (κ2) is 8.22. The molecule has 150 valence electrons. The molecule has 0 spiro atoms. The van der Waals surface area contributed by atoms with Gasteiger partial charge in [0.2, 0.25) is 0 Å². The van der Waals surface area contributed by atoms with Crippen molar-refractivity contribution in [2.24, 2.45) is 0 Å². The molecule has 4 rings (SSSR count). The second-order valence-electron chi connectivity index (χ2n) is 6.41. The van der Waals surface area contributed by atoms with Crippen LogP contribution in [0.15, 0.2) is 65.6 Å². The number of Topliss-reactive ketones (excluding diaryl/α,β-unsaturated/α-hetero) is 1.